The van der Waals surface area contributed by atoms with E-state index in [4.69, 9.17) is 18.9 Å². The Kier molecular flexibility index (Phi) is 5.10. The lowest BCUT2D eigenvalue weighted by atomic mass is 9.98. The van der Waals surface area contributed by atoms with Crippen molar-refractivity contribution in [1.29, 1.82) is 0 Å². The molecule has 6 rings (SSSR count). The zero-order valence-electron chi connectivity index (χ0n) is 21.8. The van der Waals surface area contributed by atoms with E-state index in [9.17, 15) is 0 Å². The van der Waals surface area contributed by atoms with Crippen LogP contribution in [0, 0.1) is 20.3 Å². The summed E-state index contributed by atoms with van der Waals surface area (Å²) < 4.78 is 25.5. The maximum absolute atomic E-state index is 6.40. The minimum atomic E-state index is -0.753. The Hall–Kier alpha value is -0.960. The lowest BCUT2D eigenvalue weighted by Gasteiger charge is -2.20. The van der Waals surface area contributed by atoms with Gasteiger partial charge in [0, 0.05) is 59.3 Å². The second-order valence-electron chi connectivity index (χ2n) is 11.3. The van der Waals surface area contributed by atoms with Crippen molar-refractivity contribution in [2.75, 3.05) is 0 Å². The zero-order valence-corrected chi connectivity index (χ0v) is 25.1. The quantitative estimate of drug-likeness (QED) is 0.369. The van der Waals surface area contributed by atoms with E-state index in [2.05, 4.69) is 41.0 Å². The molecule has 4 heterocycles. The number of fused-ring (bicyclic) bond motifs is 4. The van der Waals surface area contributed by atoms with Gasteiger partial charge in [-0.2, -0.15) is 0 Å². The van der Waals surface area contributed by atoms with Crippen LogP contribution >= 0.6 is 47.0 Å². The highest BCUT2D eigenvalue weighted by Gasteiger charge is 2.46. The summed E-state index contributed by atoms with van der Waals surface area (Å²) in [6.45, 7) is 21.3. The summed E-state index contributed by atoms with van der Waals surface area (Å²) >= 11 is 7.85. The zero-order chi connectivity index (χ0) is 25.3. The third-order valence-electron chi connectivity index (χ3n) is 6.24. The molecule has 0 aliphatic carbocycles. The van der Waals surface area contributed by atoms with E-state index in [1.807, 2.05) is 81.7 Å². The van der Waals surface area contributed by atoms with Gasteiger partial charge in [0.15, 0.2) is 23.0 Å². The number of hydrogen-bond acceptors (Lipinski definition) is 8. The van der Waals surface area contributed by atoms with Gasteiger partial charge in [-0.3, -0.25) is 0 Å². The Balaban J connectivity index is 1.59. The van der Waals surface area contributed by atoms with Crippen molar-refractivity contribution in [3.63, 3.8) is 0 Å². The van der Waals surface area contributed by atoms with Gasteiger partial charge in [-0.05, 0) is 52.7 Å². The van der Waals surface area contributed by atoms with Gasteiger partial charge < -0.3 is 18.9 Å². The predicted molar refractivity (Wildman–Crippen MR) is 147 cm³/mol. The molecule has 2 aromatic rings. The van der Waals surface area contributed by atoms with Crippen LogP contribution in [0.3, 0.4) is 0 Å². The summed E-state index contributed by atoms with van der Waals surface area (Å²) in [5.41, 5.74) is 4.47. The molecule has 4 aliphatic heterocycles. The summed E-state index contributed by atoms with van der Waals surface area (Å²) in [5.74, 6) is 1.45. The minimum absolute atomic E-state index is 0.0794. The van der Waals surface area contributed by atoms with Gasteiger partial charge in [0.05, 0.1) is 13.7 Å². The fourth-order valence-electron chi connectivity index (χ4n) is 4.94. The molecule has 35 heavy (non-hydrogen) atoms. The smallest absolute Gasteiger partial charge is 0.246 e. The molecule has 0 bridgehead atoms. The van der Waals surface area contributed by atoms with Crippen LogP contribution in [0.15, 0.2) is 19.6 Å². The highest BCUT2D eigenvalue weighted by molar-refractivity contribution is 8.21. The topological polar surface area (TPSA) is 36.9 Å². The fraction of sp³-hybridized carbons (Fsp3) is 0.519. The summed E-state index contributed by atoms with van der Waals surface area (Å²) in [6.07, 6.45) is 2.27. The molecule has 0 saturated carbocycles. The number of benzene rings is 2. The molecule has 0 unspecified atom stereocenters. The molecule has 0 amide bonds. The molecule has 2 aromatic carbocycles. The second kappa shape index (κ2) is 7.33. The van der Waals surface area contributed by atoms with Gasteiger partial charge in [-0.25, -0.2) is 0 Å². The largest absolute Gasteiger partial charge is 0.449 e. The molecule has 4 nitrogen and oxygen atoms in total. The first kappa shape index (κ1) is 24.4. The van der Waals surface area contributed by atoms with Crippen molar-refractivity contribution in [1.82, 2.24) is 0 Å². The van der Waals surface area contributed by atoms with E-state index < -0.39 is 11.6 Å². The van der Waals surface area contributed by atoms with Crippen molar-refractivity contribution < 1.29 is 18.9 Å². The average molecular weight is 548 g/mol. The molecule has 0 aromatic heterocycles. The van der Waals surface area contributed by atoms with Gasteiger partial charge in [0.25, 0.3) is 0 Å². The number of thioether (sulfide) groups is 4. The molecule has 0 N–H and O–H groups in total. The van der Waals surface area contributed by atoms with Crippen LogP contribution in [0.5, 0.6) is 23.0 Å². The van der Waals surface area contributed by atoms with Crippen molar-refractivity contribution >= 4 is 47.0 Å². The summed E-state index contributed by atoms with van der Waals surface area (Å²) in [5, 5.41) is 0. The van der Waals surface area contributed by atoms with Crippen molar-refractivity contribution in [2.24, 2.45) is 0 Å². The van der Waals surface area contributed by atoms with Gasteiger partial charge in [0.1, 0.15) is 0 Å². The molecule has 0 atom stereocenters. The molecule has 187 valence electrons. The van der Waals surface area contributed by atoms with Crippen LogP contribution in [0.25, 0.3) is 0 Å². The highest BCUT2D eigenvalue weighted by atomic mass is 32.2. The van der Waals surface area contributed by atoms with Gasteiger partial charge >= 0.3 is 0 Å². The van der Waals surface area contributed by atoms with E-state index in [-0.39, 0.29) is 8.16 Å². The van der Waals surface area contributed by atoms with Crippen molar-refractivity contribution in [3.8, 4) is 23.0 Å². The van der Waals surface area contributed by atoms with E-state index >= 15 is 0 Å². The fourth-order valence-corrected chi connectivity index (χ4v) is 10.8. The van der Waals surface area contributed by atoms with Crippen LogP contribution in [0.4, 0.5) is 0 Å². The third kappa shape index (κ3) is 3.84. The Morgan fingerprint density at radius 3 is 1.29 bits per heavy atom. The lowest BCUT2D eigenvalue weighted by Crippen LogP contribution is -2.31. The highest BCUT2D eigenvalue weighted by Crippen LogP contribution is 2.67. The number of hydrogen-bond donors (Lipinski definition) is 0. The first-order chi connectivity index (χ1) is 16.1. The van der Waals surface area contributed by atoms with Crippen LogP contribution in [-0.2, 0) is 0 Å². The van der Waals surface area contributed by atoms with Crippen LogP contribution < -0.4 is 18.9 Å². The first-order valence-electron chi connectivity index (χ1n) is 11.8. The Morgan fingerprint density at radius 1 is 0.486 bits per heavy atom. The SMILES string of the molecule is Cc1c2c(c([CH]c3c4c(c(C)c5c3SC(C)(C)S5)SC(C)(C)S4)c3c1OC(C)(C)O3)OC(C)(C)O2. The summed E-state index contributed by atoms with van der Waals surface area (Å²) in [7, 11) is 0. The maximum atomic E-state index is 6.40. The summed E-state index contributed by atoms with van der Waals surface area (Å²) in [4.78, 5) is 5.49. The average Bonchev–Trinajstić information content (AvgIpc) is 3.41. The molecule has 0 saturated heterocycles. The second-order valence-corrected chi connectivity index (χ2v) is 18.3. The van der Waals surface area contributed by atoms with E-state index in [1.165, 1.54) is 30.7 Å². The molecular weight excluding hydrogens is 517 g/mol. The lowest BCUT2D eigenvalue weighted by molar-refractivity contribution is -0.0489. The molecule has 1 radical (unpaired) electrons. The van der Waals surface area contributed by atoms with E-state index in [0.717, 1.165) is 34.1 Å². The van der Waals surface area contributed by atoms with Crippen molar-refractivity contribution in [2.45, 2.75) is 109 Å². The monoisotopic (exact) mass is 547 g/mol. The van der Waals surface area contributed by atoms with Crippen molar-refractivity contribution in [3.05, 3.63) is 28.7 Å². The standard InChI is InChI=1S/C27H31O4S4/c1-12-16-18(30-24(3,4)28-16)14(19-17(12)29-25(5,6)31-19)11-15-22-20(32-26(7,8)34-22)13(2)21-23(15)35-27(9,10)33-21/h11H,1-10H3. The van der Waals surface area contributed by atoms with Crippen LogP contribution in [0.1, 0.15) is 77.6 Å². The van der Waals surface area contributed by atoms with Gasteiger partial charge in [-0.1, -0.05) is 0 Å². The molecule has 8 heteroatoms. The molecule has 0 fully saturated rings. The molecule has 4 aliphatic rings. The molecular formula is C27H31O4S4. The summed E-state index contributed by atoms with van der Waals surface area (Å²) in [6, 6.07) is 0. The number of rotatable bonds is 2. The normalized spacial score (nSPS) is 22.9. The Morgan fingerprint density at radius 2 is 0.857 bits per heavy atom. The van der Waals surface area contributed by atoms with Gasteiger partial charge in [-0.15, -0.1) is 47.0 Å². The molecule has 0 spiro atoms. The van der Waals surface area contributed by atoms with Crippen LogP contribution in [-0.4, -0.2) is 19.7 Å². The Labute approximate surface area is 225 Å². The number of ether oxygens (including phenoxy) is 4. The minimum Gasteiger partial charge on any atom is -0.449 e. The van der Waals surface area contributed by atoms with E-state index in [1.54, 1.807) is 0 Å². The first-order valence-corrected chi connectivity index (χ1v) is 15.1. The third-order valence-corrected chi connectivity index (χ3v) is 12.1. The van der Waals surface area contributed by atoms with E-state index in [0.29, 0.717) is 0 Å². The van der Waals surface area contributed by atoms with Crippen LogP contribution in [0.2, 0.25) is 0 Å². The predicted octanol–water partition coefficient (Wildman–Crippen LogP) is 8.79. The Bertz CT molecular complexity index is 1120. The maximum Gasteiger partial charge on any atom is 0.246 e. The van der Waals surface area contributed by atoms with Gasteiger partial charge in [0.2, 0.25) is 11.6 Å².